The minimum Gasteiger partial charge on any atom is -0.309 e. The highest BCUT2D eigenvalue weighted by Gasteiger charge is 2.46. The Morgan fingerprint density at radius 3 is 2.63 bits per heavy atom. The van der Waals surface area contributed by atoms with Gasteiger partial charge in [-0.25, -0.2) is 18.7 Å². The van der Waals surface area contributed by atoms with E-state index in [1.165, 1.54) is 13.1 Å². The Bertz CT molecular complexity index is 1520. The van der Waals surface area contributed by atoms with Crippen LogP contribution in [0.25, 0.3) is 11.0 Å². The number of alkyl halides is 2. The number of ketones is 1. The Balaban J connectivity index is 1.35. The molecule has 10 nitrogen and oxygen atoms in total. The average molecular weight is 524 g/mol. The zero-order valence-corrected chi connectivity index (χ0v) is 21.0. The summed E-state index contributed by atoms with van der Waals surface area (Å²) in [5.41, 5.74) is 0.186. The number of carbonyl (C=O) groups excluding carboxylic acids is 2. The van der Waals surface area contributed by atoms with Crippen LogP contribution in [-0.2, 0) is 4.79 Å². The number of Topliss-reactive ketones (excluding diaryl/α,β-unsaturated/α-hetero) is 1. The largest absolute Gasteiger partial charge is 0.309 e. The molecule has 1 saturated carbocycles. The van der Waals surface area contributed by atoms with Crippen LogP contribution in [-0.4, -0.2) is 55.8 Å². The molecule has 3 saturated heterocycles. The summed E-state index contributed by atoms with van der Waals surface area (Å²) in [6.07, 6.45) is 4.48. The van der Waals surface area contributed by atoms with Gasteiger partial charge in [-0.15, -0.1) is 0 Å². The fourth-order valence-electron chi connectivity index (χ4n) is 5.87. The predicted octanol–water partition coefficient (Wildman–Crippen LogP) is 3.27. The Morgan fingerprint density at radius 2 is 1.97 bits per heavy atom. The summed E-state index contributed by atoms with van der Waals surface area (Å²) >= 11 is 0. The van der Waals surface area contributed by atoms with Crippen molar-refractivity contribution in [1.82, 2.24) is 24.8 Å². The zero-order valence-electron chi connectivity index (χ0n) is 21.0. The monoisotopic (exact) mass is 523 g/mol. The van der Waals surface area contributed by atoms with Gasteiger partial charge in [0.1, 0.15) is 17.5 Å². The van der Waals surface area contributed by atoms with E-state index < -0.39 is 23.3 Å². The molecule has 3 atom stereocenters. The van der Waals surface area contributed by atoms with Gasteiger partial charge in [-0.3, -0.25) is 19.0 Å². The normalized spacial score (nSPS) is 24.3. The minimum atomic E-state index is -3.10. The number of nitrogens with one attached hydrogen (secondary N) is 2. The van der Waals surface area contributed by atoms with Gasteiger partial charge in [0.05, 0.1) is 17.4 Å². The van der Waals surface area contributed by atoms with Crippen LogP contribution >= 0.6 is 0 Å². The first-order valence-electron chi connectivity index (χ1n) is 12.7. The van der Waals surface area contributed by atoms with Gasteiger partial charge >= 0.3 is 0 Å². The van der Waals surface area contributed by atoms with E-state index >= 15 is 0 Å². The van der Waals surface area contributed by atoms with Crippen LogP contribution < -0.4 is 21.1 Å². The Labute approximate surface area is 216 Å². The number of halogens is 2. The van der Waals surface area contributed by atoms with Crippen molar-refractivity contribution in [3.8, 4) is 0 Å². The molecule has 3 aliphatic heterocycles. The lowest BCUT2D eigenvalue weighted by Gasteiger charge is -2.34. The van der Waals surface area contributed by atoms with E-state index in [9.17, 15) is 23.2 Å². The molecule has 38 heavy (non-hydrogen) atoms. The molecule has 2 bridgehead atoms. The fraction of sp³-hybridized carbons (Fsp3) is 0.462. The number of rotatable bonds is 5. The summed E-state index contributed by atoms with van der Waals surface area (Å²) < 4.78 is 30.6. The summed E-state index contributed by atoms with van der Waals surface area (Å²) in [6, 6.07) is 2.58. The van der Waals surface area contributed by atoms with Gasteiger partial charge in [-0.05, 0) is 50.8 Å². The van der Waals surface area contributed by atoms with Gasteiger partial charge < -0.3 is 15.5 Å². The third kappa shape index (κ3) is 4.03. The summed E-state index contributed by atoms with van der Waals surface area (Å²) in [6.45, 7) is 3.43. The van der Waals surface area contributed by atoms with E-state index in [0.717, 1.165) is 11.0 Å². The summed E-state index contributed by atoms with van der Waals surface area (Å²) in [5, 5.41) is 6.70. The van der Waals surface area contributed by atoms with Crippen molar-refractivity contribution >= 4 is 40.2 Å². The Morgan fingerprint density at radius 1 is 1.18 bits per heavy atom. The number of pyridine rings is 2. The number of anilines is 3. The van der Waals surface area contributed by atoms with Crippen LogP contribution in [0.5, 0.6) is 0 Å². The fourth-order valence-corrected chi connectivity index (χ4v) is 5.87. The second-order valence-electron chi connectivity index (χ2n) is 10.4. The first kappa shape index (κ1) is 24.5. The number of nitrogens with zero attached hydrogens (tertiary/aromatic N) is 5. The Hall–Kier alpha value is -3.80. The molecule has 6 heterocycles. The van der Waals surface area contributed by atoms with Crippen molar-refractivity contribution < 1.29 is 18.4 Å². The predicted molar refractivity (Wildman–Crippen MR) is 136 cm³/mol. The number of amides is 1. The van der Waals surface area contributed by atoms with Crippen LogP contribution in [0.3, 0.4) is 0 Å². The summed E-state index contributed by atoms with van der Waals surface area (Å²) in [4.78, 5) is 53.0. The summed E-state index contributed by atoms with van der Waals surface area (Å²) in [7, 11) is 0. The van der Waals surface area contributed by atoms with Gasteiger partial charge in [0.25, 0.3) is 11.5 Å². The van der Waals surface area contributed by atoms with Crippen LogP contribution in [0.4, 0.5) is 26.2 Å². The molecule has 3 aromatic rings. The van der Waals surface area contributed by atoms with E-state index in [4.69, 9.17) is 0 Å². The zero-order chi connectivity index (χ0) is 26.8. The second kappa shape index (κ2) is 8.90. The lowest BCUT2D eigenvalue weighted by atomic mass is 9.96. The van der Waals surface area contributed by atoms with E-state index in [1.54, 1.807) is 30.2 Å². The maximum atomic E-state index is 14.8. The topological polar surface area (TPSA) is 122 Å². The third-order valence-corrected chi connectivity index (χ3v) is 7.81. The number of hydrogen-bond donors (Lipinski definition) is 2. The van der Waals surface area contributed by atoms with Crippen molar-refractivity contribution in [3.63, 3.8) is 0 Å². The standard InChI is InChI=1S/C26H27F2N7O3/c1-13-18-11-30-25(32-20-6-5-17(10-29-20)34-12-16-8-15(31-16)9-21(34)37)33-23(18)35(24(38)22(13)14(2)36)19-4-3-7-26(19,27)28/h5-6,10-11,15-16,19,31H,3-4,7-9,12H2,1-2H3,(H,29,30,32,33)/t15?,16?,19-/m1/s1. The molecule has 12 heteroatoms. The molecule has 7 rings (SSSR count). The highest BCUT2D eigenvalue weighted by atomic mass is 19.3. The first-order chi connectivity index (χ1) is 18.1. The SMILES string of the molecule is CC(=O)c1c(C)c2cnc(Nc3ccc(N4CC5CC(CC4=O)N5)cn3)nc2n([C@@H]2CCCC2(F)F)c1=O. The van der Waals surface area contributed by atoms with Crippen LogP contribution in [0.1, 0.15) is 61.0 Å². The lowest BCUT2D eigenvalue weighted by molar-refractivity contribution is -0.118. The van der Waals surface area contributed by atoms with Crippen LogP contribution in [0.15, 0.2) is 29.3 Å². The molecule has 2 N–H and O–H groups in total. The van der Waals surface area contributed by atoms with Gasteiger partial charge in [0.15, 0.2) is 5.78 Å². The van der Waals surface area contributed by atoms with E-state index in [2.05, 4.69) is 25.6 Å². The smallest absolute Gasteiger partial charge is 0.268 e. The number of hydrogen-bond acceptors (Lipinski definition) is 8. The molecule has 4 aliphatic rings. The maximum Gasteiger partial charge on any atom is 0.268 e. The van der Waals surface area contributed by atoms with Gasteiger partial charge in [0, 0.05) is 43.1 Å². The van der Waals surface area contributed by atoms with Crippen molar-refractivity contribution in [3.05, 3.63) is 46.0 Å². The summed E-state index contributed by atoms with van der Waals surface area (Å²) in [5.74, 6) is -3.10. The van der Waals surface area contributed by atoms with Crippen molar-refractivity contribution in [2.45, 2.75) is 70.0 Å². The van der Waals surface area contributed by atoms with E-state index in [0.29, 0.717) is 35.4 Å². The van der Waals surface area contributed by atoms with Crippen molar-refractivity contribution in [2.75, 3.05) is 16.8 Å². The second-order valence-corrected chi connectivity index (χ2v) is 10.4. The number of carbonyl (C=O) groups is 2. The van der Waals surface area contributed by atoms with E-state index in [1.807, 2.05) is 0 Å². The molecule has 0 spiro atoms. The molecular weight excluding hydrogens is 496 g/mol. The van der Waals surface area contributed by atoms with Crippen LogP contribution in [0, 0.1) is 6.92 Å². The van der Waals surface area contributed by atoms with Crippen molar-refractivity contribution in [1.29, 1.82) is 0 Å². The first-order valence-corrected chi connectivity index (χ1v) is 12.7. The highest BCUT2D eigenvalue weighted by molar-refractivity contribution is 5.99. The lowest BCUT2D eigenvalue weighted by Crippen LogP contribution is -2.53. The molecule has 0 radical (unpaired) electrons. The minimum absolute atomic E-state index is 0.0415. The molecule has 4 fully saturated rings. The van der Waals surface area contributed by atoms with Crippen molar-refractivity contribution in [2.24, 2.45) is 0 Å². The molecule has 0 aromatic carbocycles. The number of aromatic nitrogens is 4. The van der Waals surface area contributed by atoms with Crippen LogP contribution in [0.2, 0.25) is 0 Å². The molecule has 1 amide bonds. The molecule has 3 aromatic heterocycles. The average Bonchev–Trinajstić information content (AvgIpc) is 3.00. The van der Waals surface area contributed by atoms with E-state index in [-0.39, 0.29) is 54.4 Å². The molecule has 1 aliphatic carbocycles. The number of aryl methyl sites for hydroxylation is 1. The van der Waals surface area contributed by atoms with Gasteiger partial charge in [-0.1, -0.05) is 0 Å². The molecule has 2 unspecified atom stereocenters. The highest BCUT2D eigenvalue weighted by Crippen LogP contribution is 2.44. The van der Waals surface area contributed by atoms with Gasteiger partial charge in [0.2, 0.25) is 11.9 Å². The Kier molecular flexibility index (Phi) is 5.74. The van der Waals surface area contributed by atoms with Gasteiger partial charge in [-0.2, -0.15) is 4.98 Å². The molecule has 198 valence electrons. The number of fused-ring (bicyclic) bond motifs is 4. The molecular formula is C26H27F2N7O3. The third-order valence-electron chi connectivity index (χ3n) is 7.81. The maximum absolute atomic E-state index is 14.8. The quantitative estimate of drug-likeness (QED) is 0.489.